The lowest BCUT2D eigenvalue weighted by atomic mass is 9.41. The topological polar surface area (TPSA) is 104 Å². The zero-order chi connectivity index (χ0) is 29.1. The van der Waals surface area contributed by atoms with Gasteiger partial charge in [-0.05, 0) is 111 Å². The maximum atomic E-state index is 14.2. The number of aliphatic hydroxyl groups is 3. The molecule has 0 saturated heterocycles. The van der Waals surface area contributed by atoms with E-state index in [0.717, 1.165) is 44.1 Å². The number of allylic oxidation sites excluding steroid dienone is 2. The number of ether oxygens (including phenoxy) is 1. The predicted molar refractivity (Wildman–Crippen MR) is 150 cm³/mol. The summed E-state index contributed by atoms with van der Waals surface area (Å²) in [7, 11) is 0. The molecule has 6 heteroatoms. The van der Waals surface area contributed by atoms with Gasteiger partial charge in [-0.25, -0.2) is 0 Å². The Balaban J connectivity index is 1.46. The number of carbonyl (C=O) groups is 2. The van der Waals surface area contributed by atoms with Crippen LogP contribution in [0.25, 0.3) is 0 Å². The fourth-order valence-electron chi connectivity index (χ4n) is 11.7. The fourth-order valence-corrected chi connectivity index (χ4v) is 11.7. The van der Waals surface area contributed by atoms with Crippen molar-refractivity contribution in [2.24, 2.45) is 50.7 Å². The van der Waals surface area contributed by atoms with Crippen LogP contribution in [0.4, 0.5) is 0 Å². The third-order valence-electron chi connectivity index (χ3n) is 13.8. The summed E-state index contributed by atoms with van der Waals surface area (Å²) in [5, 5.41) is 33.1. The smallest absolute Gasteiger partial charge is 0.303 e. The molecule has 4 fully saturated rings. The Labute approximate surface area is 235 Å². The molecular weight excluding hydrogens is 492 g/mol. The normalized spacial score (nSPS) is 46.0. The molecule has 4 saturated carbocycles. The van der Waals surface area contributed by atoms with Gasteiger partial charge in [-0.3, -0.25) is 9.59 Å². The first kappa shape index (κ1) is 29.1. The van der Waals surface area contributed by atoms with E-state index in [-0.39, 0.29) is 45.7 Å². The van der Waals surface area contributed by atoms with Crippen LogP contribution in [0.5, 0.6) is 0 Å². The SMILES string of the molecule is CC(=O)OC(CC[C@@H](C)C1=C(O)C(=O)[C@@]2(C)[C@@H]3CCC4C(C)(C)C(O)CC[C@@]45[C@@H](C)[C@@]35CC[C@]12C)C(C)(C)O. The van der Waals surface area contributed by atoms with Gasteiger partial charge in [-0.1, -0.05) is 41.5 Å². The first-order chi connectivity index (χ1) is 17.8. The number of ketones is 1. The van der Waals surface area contributed by atoms with Crippen LogP contribution in [-0.2, 0) is 14.3 Å². The van der Waals surface area contributed by atoms with Crippen molar-refractivity contribution in [1.29, 1.82) is 0 Å². The molecule has 0 radical (unpaired) electrons. The minimum atomic E-state index is -1.18. The van der Waals surface area contributed by atoms with Crippen molar-refractivity contribution < 1.29 is 29.6 Å². The Hall–Kier alpha value is -1.40. The van der Waals surface area contributed by atoms with E-state index in [0.29, 0.717) is 24.7 Å². The number of fused-ring (bicyclic) bond motifs is 2. The van der Waals surface area contributed by atoms with Crippen LogP contribution in [-0.4, -0.2) is 44.9 Å². The second-order valence-electron chi connectivity index (χ2n) is 15.7. The van der Waals surface area contributed by atoms with Gasteiger partial charge in [0.15, 0.2) is 5.76 Å². The standard InChI is InChI=1S/C33H52O6/c1-18(10-13-24(29(6,7)38)39-20(3)34)25-26(36)27(37)31(9)22-12-11-21-28(4,5)23(35)14-15-32(21)19(2)33(22,32)17-16-30(25,31)8/h18-19,21-24,35-36,38H,10-17H2,1-9H3/t18-,19-,21?,22+,23?,24?,30-,31-,32-,33+/m1/s1. The third kappa shape index (κ3) is 3.40. The lowest BCUT2D eigenvalue weighted by Crippen LogP contribution is -2.59. The summed E-state index contributed by atoms with van der Waals surface area (Å²) >= 11 is 0. The van der Waals surface area contributed by atoms with Crippen molar-refractivity contribution in [3.05, 3.63) is 11.3 Å². The molecule has 220 valence electrons. The largest absolute Gasteiger partial charge is 0.504 e. The predicted octanol–water partition coefficient (Wildman–Crippen LogP) is 6.14. The Bertz CT molecular complexity index is 1100. The molecule has 3 N–H and O–H groups in total. The van der Waals surface area contributed by atoms with Gasteiger partial charge in [0, 0.05) is 17.8 Å². The number of rotatable bonds is 6. The van der Waals surface area contributed by atoms with Crippen molar-refractivity contribution in [3.63, 3.8) is 0 Å². The molecule has 0 aromatic heterocycles. The highest BCUT2D eigenvalue weighted by atomic mass is 16.6. The van der Waals surface area contributed by atoms with E-state index in [9.17, 15) is 24.9 Å². The van der Waals surface area contributed by atoms with Crippen LogP contribution in [0.2, 0.25) is 0 Å². The van der Waals surface area contributed by atoms with Gasteiger partial charge < -0.3 is 20.1 Å². The monoisotopic (exact) mass is 544 g/mol. The van der Waals surface area contributed by atoms with Crippen molar-refractivity contribution in [3.8, 4) is 0 Å². The average molecular weight is 545 g/mol. The van der Waals surface area contributed by atoms with Crippen LogP contribution >= 0.6 is 0 Å². The summed E-state index contributed by atoms with van der Waals surface area (Å²) in [6, 6.07) is 0. The fraction of sp³-hybridized carbons (Fsp3) is 0.879. The van der Waals surface area contributed by atoms with Crippen LogP contribution in [0, 0.1) is 50.7 Å². The number of esters is 1. The first-order valence-electron chi connectivity index (χ1n) is 15.4. The van der Waals surface area contributed by atoms with E-state index in [4.69, 9.17) is 4.74 Å². The molecule has 6 nitrogen and oxygen atoms in total. The Morgan fingerprint density at radius 3 is 2.21 bits per heavy atom. The zero-order valence-corrected chi connectivity index (χ0v) is 25.7. The van der Waals surface area contributed by atoms with E-state index in [1.165, 1.54) is 6.92 Å². The van der Waals surface area contributed by atoms with E-state index in [1.807, 2.05) is 0 Å². The molecule has 3 unspecified atom stereocenters. The number of hydrogen-bond donors (Lipinski definition) is 3. The van der Waals surface area contributed by atoms with Gasteiger partial charge >= 0.3 is 5.97 Å². The minimum Gasteiger partial charge on any atom is -0.504 e. The highest BCUT2D eigenvalue weighted by molar-refractivity contribution is 6.03. The second kappa shape index (κ2) is 8.56. The van der Waals surface area contributed by atoms with Gasteiger partial charge in [-0.2, -0.15) is 0 Å². The summed E-state index contributed by atoms with van der Waals surface area (Å²) in [5.74, 6) is 0.559. The molecule has 0 aromatic rings. The lowest BCUT2D eigenvalue weighted by Gasteiger charge is -2.61. The average Bonchev–Trinajstić information content (AvgIpc) is 3.31. The number of Topliss-reactive ketones (excluding diaryl/α,β-unsaturated/α-hetero) is 1. The van der Waals surface area contributed by atoms with Crippen molar-refractivity contribution >= 4 is 11.8 Å². The highest BCUT2D eigenvalue weighted by Crippen LogP contribution is 2.90. The highest BCUT2D eigenvalue weighted by Gasteiger charge is 2.87. The zero-order valence-electron chi connectivity index (χ0n) is 25.7. The van der Waals surface area contributed by atoms with Crippen LogP contribution in [0.15, 0.2) is 11.3 Å². The van der Waals surface area contributed by atoms with Gasteiger partial charge in [-0.15, -0.1) is 0 Å². The summed E-state index contributed by atoms with van der Waals surface area (Å²) in [6.07, 6.45) is 5.93. The maximum Gasteiger partial charge on any atom is 0.303 e. The van der Waals surface area contributed by atoms with Crippen LogP contribution < -0.4 is 0 Å². The Morgan fingerprint density at radius 1 is 1.03 bits per heavy atom. The van der Waals surface area contributed by atoms with Gasteiger partial charge in [0.25, 0.3) is 0 Å². The maximum absolute atomic E-state index is 14.2. The second-order valence-corrected chi connectivity index (χ2v) is 15.7. The molecule has 5 rings (SSSR count). The summed E-state index contributed by atoms with van der Waals surface area (Å²) in [6.45, 7) is 18.0. The summed E-state index contributed by atoms with van der Waals surface area (Å²) < 4.78 is 5.45. The molecule has 5 aliphatic rings. The molecule has 2 spiro atoms. The molecule has 0 bridgehead atoms. The first-order valence-corrected chi connectivity index (χ1v) is 15.4. The summed E-state index contributed by atoms with van der Waals surface area (Å²) in [5.41, 5.74) is -1.26. The van der Waals surface area contributed by atoms with E-state index < -0.39 is 28.5 Å². The quantitative estimate of drug-likeness (QED) is 0.347. The Morgan fingerprint density at radius 2 is 1.62 bits per heavy atom. The third-order valence-corrected chi connectivity index (χ3v) is 13.8. The molecule has 10 atom stereocenters. The van der Waals surface area contributed by atoms with Crippen LogP contribution in [0.1, 0.15) is 114 Å². The van der Waals surface area contributed by atoms with Crippen LogP contribution in [0.3, 0.4) is 0 Å². The van der Waals surface area contributed by atoms with E-state index >= 15 is 0 Å². The number of carbonyl (C=O) groups excluding carboxylic acids is 2. The minimum absolute atomic E-state index is 0.0410. The van der Waals surface area contributed by atoms with E-state index in [1.54, 1.807) is 13.8 Å². The lowest BCUT2D eigenvalue weighted by molar-refractivity contribution is -0.164. The van der Waals surface area contributed by atoms with Crippen molar-refractivity contribution in [2.75, 3.05) is 0 Å². The van der Waals surface area contributed by atoms with Crippen molar-refractivity contribution in [2.45, 2.75) is 131 Å². The molecule has 39 heavy (non-hydrogen) atoms. The molecular formula is C33H52O6. The molecule has 0 amide bonds. The van der Waals surface area contributed by atoms with Gasteiger partial charge in [0.05, 0.1) is 11.7 Å². The van der Waals surface area contributed by atoms with Crippen molar-refractivity contribution in [1.82, 2.24) is 0 Å². The molecule has 0 heterocycles. The molecule has 0 aliphatic heterocycles. The van der Waals surface area contributed by atoms with Gasteiger partial charge in [0.1, 0.15) is 6.10 Å². The number of hydrogen-bond acceptors (Lipinski definition) is 6. The summed E-state index contributed by atoms with van der Waals surface area (Å²) in [4.78, 5) is 25.9. The molecule has 0 aromatic carbocycles. The Kier molecular flexibility index (Phi) is 6.39. The van der Waals surface area contributed by atoms with Gasteiger partial charge in [0.2, 0.25) is 5.78 Å². The molecule has 5 aliphatic carbocycles. The number of aliphatic hydroxyl groups excluding tert-OH is 2. The van der Waals surface area contributed by atoms with E-state index in [2.05, 4.69) is 41.5 Å².